The number of carbonyl (C=O) groups excluding carboxylic acids is 1. The number of nitrogens with zero attached hydrogens (tertiary/aromatic N) is 3. The van der Waals surface area contributed by atoms with E-state index in [1.807, 2.05) is 12.3 Å². The summed E-state index contributed by atoms with van der Waals surface area (Å²) < 4.78 is 5.36. The van der Waals surface area contributed by atoms with Crippen LogP contribution in [0.15, 0.2) is 16.2 Å². The van der Waals surface area contributed by atoms with Gasteiger partial charge in [0.15, 0.2) is 12.2 Å². The Morgan fingerprint density at radius 3 is 3.11 bits per heavy atom. The SMILES string of the molecule is CNC1C(=O)N(c2csc(C)n2)CCc2ncoc21. The highest BCUT2D eigenvalue weighted by molar-refractivity contribution is 7.09. The molecule has 0 radical (unpaired) electrons. The molecule has 0 saturated carbocycles. The molecule has 0 spiro atoms. The van der Waals surface area contributed by atoms with Crippen molar-refractivity contribution in [1.29, 1.82) is 0 Å². The number of nitrogens with one attached hydrogen (secondary N) is 1. The summed E-state index contributed by atoms with van der Waals surface area (Å²) >= 11 is 1.54. The summed E-state index contributed by atoms with van der Waals surface area (Å²) in [5, 5.41) is 5.84. The number of oxazole rings is 1. The molecule has 1 unspecified atom stereocenters. The summed E-state index contributed by atoms with van der Waals surface area (Å²) in [6, 6.07) is -0.498. The van der Waals surface area contributed by atoms with E-state index in [9.17, 15) is 4.79 Å². The molecule has 19 heavy (non-hydrogen) atoms. The lowest BCUT2D eigenvalue weighted by Crippen LogP contribution is -2.39. The molecular formula is C12H14N4O2S. The second-order valence-electron chi connectivity index (χ2n) is 4.35. The van der Waals surface area contributed by atoms with Crippen molar-refractivity contribution in [2.75, 3.05) is 18.5 Å². The van der Waals surface area contributed by atoms with E-state index in [4.69, 9.17) is 4.42 Å². The van der Waals surface area contributed by atoms with Crippen LogP contribution in [0.5, 0.6) is 0 Å². The normalized spacial score (nSPS) is 19.4. The predicted octanol–water partition coefficient (Wildman–Crippen LogP) is 1.29. The van der Waals surface area contributed by atoms with Gasteiger partial charge in [-0.1, -0.05) is 0 Å². The molecule has 3 heterocycles. The van der Waals surface area contributed by atoms with Gasteiger partial charge < -0.3 is 9.73 Å². The number of thiazole rings is 1. The molecule has 6 nitrogen and oxygen atoms in total. The van der Waals surface area contributed by atoms with Gasteiger partial charge in [0, 0.05) is 18.3 Å². The van der Waals surface area contributed by atoms with E-state index in [0.717, 1.165) is 10.7 Å². The molecule has 0 saturated heterocycles. The van der Waals surface area contributed by atoms with Gasteiger partial charge >= 0.3 is 0 Å². The van der Waals surface area contributed by atoms with Gasteiger partial charge in [-0.2, -0.15) is 0 Å². The quantitative estimate of drug-likeness (QED) is 0.896. The van der Waals surface area contributed by atoms with Crippen molar-refractivity contribution in [2.24, 2.45) is 0 Å². The summed E-state index contributed by atoms with van der Waals surface area (Å²) in [5.74, 6) is 1.27. The fourth-order valence-electron chi connectivity index (χ4n) is 2.25. The zero-order chi connectivity index (χ0) is 13.4. The van der Waals surface area contributed by atoms with Gasteiger partial charge in [-0.25, -0.2) is 9.97 Å². The Balaban J connectivity index is 1.98. The van der Waals surface area contributed by atoms with Crippen LogP contribution in [-0.4, -0.2) is 29.5 Å². The van der Waals surface area contributed by atoms with Gasteiger partial charge in [0.25, 0.3) is 5.91 Å². The minimum absolute atomic E-state index is 0.0525. The number of hydrogen-bond acceptors (Lipinski definition) is 6. The summed E-state index contributed by atoms with van der Waals surface area (Å²) in [6.45, 7) is 2.50. The zero-order valence-corrected chi connectivity index (χ0v) is 11.5. The van der Waals surface area contributed by atoms with Crippen molar-refractivity contribution >= 4 is 23.1 Å². The van der Waals surface area contributed by atoms with Crippen LogP contribution in [0.25, 0.3) is 0 Å². The maximum atomic E-state index is 12.6. The Morgan fingerprint density at radius 2 is 2.42 bits per heavy atom. The monoisotopic (exact) mass is 278 g/mol. The molecule has 1 amide bonds. The maximum Gasteiger partial charge on any atom is 0.253 e. The molecule has 2 aromatic rings. The molecule has 1 aliphatic heterocycles. The smallest absolute Gasteiger partial charge is 0.253 e. The Morgan fingerprint density at radius 1 is 1.58 bits per heavy atom. The van der Waals surface area contributed by atoms with Crippen LogP contribution in [0, 0.1) is 6.92 Å². The molecule has 7 heteroatoms. The fourth-order valence-corrected chi connectivity index (χ4v) is 2.86. The van der Waals surface area contributed by atoms with Gasteiger partial charge in [-0.15, -0.1) is 11.3 Å². The standard InChI is InChI=1S/C12H14N4O2S/c1-7-15-9(5-19-7)16-4-3-8-11(18-6-14-8)10(13-2)12(16)17/h5-6,10,13H,3-4H2,1-2H3. The third kappa shape index (κ3) is 2.04. The second kappa shape index (κ2) is 4.75. The molecule has 100 valence electrons. The minimum atomic E-state index is -0.498. The molecule has 2 aromatic heterocycles. The first-order valence-corrected chi connectivity index (χ1v) is 6.91. The van der Waals surface area contributed by atoms with Gasteiger partial charge in [-0.3, -0.25) is 9.69 Å². The number of carbonyl (C=O) groups is 1. The van der Waals surface area contributed by atoms with E-state index in [-0.39, 0.29) is 5.91 Å². The number of fused-ring (bicyclic) bond motifs is 1. The first-order valence-electron chi connectivity index (χ1n) is 6.03. The van der Waals surface area contributed by atoms with Crippen molar-refractivity contribution in [3.63, 3.8) is 0 Å². The summed E-state index contributed by atoms with van der Waals surface area (Å²) in [6.07, 6.45) is 2.07. The summed E-state index contributed by atoms with van der Waals surface area (Å²) in [5.41, 5.74) is 0.835. The van der Waals surface area contributed by atoms with Gasteiger partial charge in [0.1, 0.15) is 11.9 Å². The van der Waals surface area contributed by atoms with E-state index >= 15 is 0 Å². The van der Waals surface area contributed by atoms with Gasteiger partial charge in [0.05, 0.1) is 10.7 Å². The molecule has 1 aliphatic rings. The fraction of sp³-hybridized carbons (Fsp3) is 0.417. The number of amides is 1. The first kappa shape index (κ1) is 12.3. The van der Waals surface area contributed by atoms with Crippen molar-refractivity contribution in [3.8, 4) is 0 Å². The number of aryl methyl sites for hydroxylation is 1. The molecule has 0 fully saturated rings. The van der Waals surface area contributed by atoms with Crippen molar-refractivity contribution < 1.29 is 9.21 Å². The largest absolute Gasteiger partial charge is 0.446 e. The van der Waals surface area contributed by atoms with E-state index in [1.54, 1.807) is 11.9 Å². The van der Waals surface area contributed by atoms with E-state index < -0.39 is 6.04 Å². The second-order valence-corrected chi connectivity index (χ2v) is 5.41. The number of aromatic nitrogens is 2. The molecule has 1 atom stereocenters. The first-order chi connectivity index (χ1) is 9.20. The van der Waals surface area contributed by atoms with E-state index in [0.29, 0.717) is 24.5 Å². The van der Waals surface area contributed by atoms with Crippen molar-refractivity contribution in [3.05, 3.63) is 28.2 Å². The third-order valence-corrected chi connectivity index (χ3v) is 3.95. The van der Waals surface area contributed by atoms with Crippen molar-refractivity contribution in [1.82, 2.24) is 15.3 Å². The summed E-state index contributed by atoms with van der Waals surface area (Å²) in [4.78, 5) is 22.9. The number of hydrogen-bond donors (Lipinski definition) is 1. The minimum Gasteiger partial charge on any atom is -0.446 e. The van der Waals surface area contributed by atoms with Crippen LogP contribution >= 0.6 is 11.3 Å². The van der Waals surface area contributed by atoms with E-state index in [2.05, 4.69) is 15.3 Å². The highest BCUT2D eigenvalue weighted by atomic mass is 32.1. The molecule has 0 aliphatic carbocycles. The zero-order valence-electron chi connectivity index (χ0n) is 10.7. The molecule has 0 aromatic carbocycles. The van der Waals surface area contributed by atoms with Crippen LogP contribution in [-0.2, 0) is 11.2 Å². The Bertz CT molecular complexity index is 606. The van der Waals surface area contributed by atoms with Crippen LogP contribution in [0.4, 0.5) is 5.82 Å². The molecule has 1 N–H and O–H groups in total. The highest BCUT2D eigenvalue weighted by Gasteiger charge is 2.34. The summed E-state index contributed by atoms with van der Waals surface area (Å²) in [7, 11) is 1.74. The Labute approximate surface area is 114 Å². The Kier molecular flexibility index (Phi) is 3.08. The lowest BCUT2D eigenvalue weighted by atomic mass is 10.1. The molecule has 3 rings (SSSR count). The number of rotatable bonds is 2. The topological polar surface area (TPSA) is 71.3 Å². The molecular weight excluding hydrogens is 264 g/mol. The third-order valence-electron chi connectivity index (χ3n) is 3.19. The lowest BCUT2D eigenvalue weighted by molar-refractivity contribution is -0.120. The van der Waals surface area contributed by atoms with Gasteiger partial charge in [0.2, 0.25) is 0 Å². The number of anilines is 1. The average Bonchev–Trinajstić information content (AvgIpc) is 2.98. The van der Waals surface area contributed by atoms with Crippen LogP contribution < -0.4 is 10.2 Å². The maximum absolute atomic E-state index is 12.6. The number of likely N-dealkylation sites (N-methyl/N-ethyl adjacent to an activating group) is 1. The Hall–Kier alpha value is -1.73. The average molecular weight is 278 g/mol. The van der Waals surface area contributed by atoms with E-state index in [1.165, 1.54) is 17.7 Å². The predicted molar refractivity (Wildman–Crippen MR) is 71.2 cm³/mol. The van der Waals surface area contributed by atoms with Crippen LogP contribution in [0.1, 0.15) is 22.5 Å². The lowest BCUT2D eigenvalue weighted by Gasteiger charge is -2.21. The van der Waals surface area contributed by atoms with Crippen molar-refractivity contribution in [2.45, 2.75) is 19.4 Å². The molecule has 0 bridgehead atoms. The van der Waals surface area contributed by atoms with Crippen LogP contribution in [0.3, 0.4) is 0 Å². The van der Waals surface area contributed by atoms with Gasteiger partial charge in [-0.05, 0) is 14.0 Å². The highest BCUT2D eigenvalue weighted by Crippen LogP contribution is 2.27. The van der Waals surface area contributed by atoms with Crippen LogP contribution in [0.2, 0.25) is 0 Å².